The molecule has 1 aliphatic rings. The average Bonchev–Trinajstić information content (AvgIpc) is 2.58. The number of hydrogen-bond donors (Lipinski definition) is 0. The molecule has 0 aliphatic carbocycles. The minimum Gasteiger partial charge on any atom is -0.346 e. The lowest BCUT2D eigenvalue weighted by molar-refractivity contribution is -0.134. The zero-order chi connectivity index (χ0) is 11.6. The lowest BCUT2D eigenvalue weighted by atomic mass is 9.97. The second-order valence-electron chi connectivity index (χ2n) is 4.98. The minimum atomic E-state index is 0.206. The van der Waals surface area contributed by atoms with Crippen LogP contribution < -0.4 is 0 Å². The zero-order valence-electron chi connectivity index (χ0n) is 10.7. The summed E-state index contributed by atoms with van der Waals surface area (Å²) in [4.78, 5) is 16.3. The second-order valence-corrected chi connectivity index (χ2v) is 4.98. The van der Waals surface area contributed by atoms with Crippen molar-refractivity contribution < 1.29 is 4.79 Å². The van der Waals surface area contributed by atoms with E-state index in [1.807, 2.05) is 18.9 Å². The third-order valence-corrected chi connectivity index (χ3v) is 3.54. The van der Waals surface area contributed by atoms with Crippen LogP contribution in [0.15, 0.2) is 0 Å². The first-order valence-electron chi connectivity index (χ1n) is 5.96. The normalized spacial score (nSPS) is 27.3. The molecule has 1 fully saturated rings. The van der Waals surface area contributed by atoms with Crippen LogP contribution in [0.2, 0.25) is 0 Å². The van der Waals surface area contributed by atoms with Crippen LogP contribution in [0.4, 0.5) is 0 Å². The second kappa shape index (κ2) is 4.97. The Morgan fingerprint density at radius 2 is 2.07 bits per heavy atom. The lowest BCUT2D eigenvalue weighted by Gasteiger charge is -2.22. The third kappa shape index (κ3) is 2.71. The summed E-state index contributed by atoms with van der Waals surface area (Å²) < 4.78 is 0. The van der Waals surface area contributed by atoms with Crippen molar-refractivity contribution in [3.63, 3.8) is 0 Å². The number of rotatable bonds is 3. The molecule has 15 heavy (non-hydrogen) atoms. The van der Waals surface area contributed by atoms with E-state index in [1.165, 1.54) is 0 Å². The van der Waals surface area contributed by atoms with E-state index in [9.17, 15) is 4.79 Å². The Bertz CT molecular complexity index is 228. The lowest BCUT2D eigenvalue weighted by Crippen LogP contribution is -2.36. The minimum absolute atomic E-state index is 0.206. The molecule has 0 N–H and O–H groups in total. The van der Waals surface area contributed by atoms with Gasteiger partial charge in [-0.1, -0.05) is 6.92 Å². The van der Waals surface area contributed by atoms with Gasteiger partial charge in [0.05, 0.1) is 5.92 Å². The average molecular weight is 212 g/mol. The Morgan fingerprint density at radius 1 is 1.47 bits per heavy atom. The summed E-state index contributed by atoms with van der Waals surface area (Å²) in [5.41, 5.74) is 0. The van der Waals surface area contributed by atoms with Crippen molar-refractivity contribution >= 4 is 5.91 Å². The van der Waals surface area contributed by atoms with E-state index < -0.39 is 0 Å². The molecular weight excluding hydrogens is 188 g/mol. The Morgan fingerprint density at radius 3 is 2.47 bits per heavy atom. The molecule has 2 atom stereocenters. The maximum absolute atomic E-state index is 12.1. The van der Waals surface area contributed by atoms with Crippen LogP contribution in [-0.2, 0) is 4.79 Å². The predicted octanol–water partition coefficient (Wildman–Crippen LogP) is 1.44. The van der Waals surface area contributed by atoms with Gasteiger partial charge in [0, 0.05) is 32.7 Å². The third-order valence-electron chi connectivity index (χ3n) is 3.54. The molecule has 0 aromatic carbocycles. The number of likely N-dealkylation sites (tertiary alicyclic amines) is 1. The van der Waals surface area contributed by atoms with Crippen molar-refractivity contribution in [2.24, 2.45) is 11.8 Å². The van der Waals surface area contributed by atoms with Gasteiger partial charge in [-0.05, 0) is 26.7 Å². The summed E-state index contributed by atoms with van der Waals surface area (Å²) in [5.74, 6) is 1.01. The molecule has 2 unspecified atom stereocenters. The first-order chi connectivity index (χ1) is 6.97. The molecule has 0 spiro atoms. The molecule has 1 heterocycles. The van der Waals surface area contributed by atoms with Crippen LogP contribution in [0.25, 0.3) is 0 Å². The number of carbonyl (C=O) groups excluding carboxylic acids is 1. The molecule has 1 rings (SSSR count). The molecule has 0 aromatic heterocycles. The topological polar surface area (TPSA) is 23.6 Å². The zero-order valence-corrected chi connectivity index (χ0v) is 10.7. The van der Waals surface area contributed by atoms with Gasteiger partial charge in [-0.15, -0.1) is 0 Å². The number of hydrogen-bond acceptors (Lipinski definition) is 2. The molecule has 1 amide bonds. The molecule has 3 heteroatoms. The largest absolute Gasteiger partial charge is 0.346 e. The highest BCUT2D eigenvalue weighted by Crippen LogP contribution is 2.25. The van der Waals surface area contributed by atoms with Gasteiger partial charge >= 0.3 is 0 Å². The van der Waals surface area contributed by atoms with Crippen LogP contribution in [0.5, 0.6) is 0 Å². The molecule has 3 nitrogen and oxygen atoms in total. The Labute approximate surface area is 93.4 Å². The fourth-order valence-electron chi connectivity index (χ4n) is 2.19. The van der Waals surface area contributed by atoms with Crippen LogP contribution in [0.1, 0.15) is 27.7 Å². The van der Waals surface area contributed by atoms with Crippen molar-refractivity contribution in [3.05, 3.63) is 0 Å². The van der Waals surface area contributed by atoms with Crippen LogP contribution in [0.3, 0.4) is 0 Å². The number of carbonyl (C=O) groups is 1. The van der Waals surface area contributed by atoms with E-state index in [1.54, 1.807) is 0 Å². The van der Waals surface area contributed by atoms with Crippen molar-refractivity contribution in [2.75, 3.05) is 26.7 Å². The Hall–Kier alpha value is -0.570. The van der Waals surface area contributed by atoms with Crippen molar-refractivity contribution in [3.8, 4) is 0 Å². The smallest absolute Gasteiger partial charge is 0.227 e. The quantitative estimate of drug-likeness (QED) is 0.707. The summed E-state index contributed by atoms with van der Waals surface area (Å²) in [6, 6.07) is 0.553. The van der Waals surface area contributed by atoms with Gasteiger partial charge in [-0.25, -0.2) is 0 Å². The summed E-state index contributed by atoms with van der Waals surface area (Å²) in [6.45, 7) is 11.4. The molecule has 0 radical (unpaired) electrons. The highest BCUT2D eigenvalue weighted by atomic mass is 16.2. The van der Waals surface area contributed by atoms with Gasteiger partial charge in [0.1, 0.15) is 0 Å². The fraction of sp³-hybridized carbons (Fsp3) is 0.917. The van der Waals surface area contributed by atoms with Crippen molar-refractivity contribution in [2.45, 2.75) is 33.7 Å². The summed E-state index contributed by atoms with van der Waals surface area (Å²) in [6.07, 6.45) is 0. The first-order valence-corrected chi connectivity index (χ1v) is 5.96. The van der Waals surface area contributed by atoms with Crippen molar-refractivity contribution in [1.29, 1.82) is 0 Å². The van der Waals surface area contributed by atoms with Gasteiger partial charge in [0.2, 0.25) is 5.91 Å². The highest BCUT2D eigenvalue weighted by molar-refractivity contribution is 5.79. The molecule has 88 valence electrons. The number of nitrogens with zero attached hydrogens (tertiary/aromatic N) is 2. The summed E-state index contributed by atoms with van der Waals surface area (Å²) in [5, 5.41) is 0. The van der Waals surface area contributed by atoms with Gasteiger partial charge < -0.3 is 4.90 Å². The van der Waals surface area contributed by atoms with Crippen molar-refractivity contribution in [1.82, 2.24) is 9.80 Å². The van der Waals surface area contributed by atoms with E-state index in [0.717, 1.165) is 19.6 Å². The molecule has 1 aliphatic heterocycles. The van der Waals surface area contributed by atoms with Crippen LogP contribution in [-0.4, -0.2) is 48.4 Å². The highest BCUT2D eigenvalue weighted by Gasteiger charge is 2.36. The molecular formula is C12H24N2O. The standard InChI is InChI=1S/C12H24N2O/c1-6-13(5)12(15)11-8-14(9(2)3)7-10(11)4/h9-11H,6-8H2,1-5H3. The van der Waals surface area contributed by atoms with E-state index in [4.69, 9.17) is 0 Å². The monoisotopic (exact) mass is 212 g/mol. The summed E-state index contributed by atoms with van der Waals surface area (Å²) >= 11 is 0. The molecule has 1 saturated heterocycles. The van der Waals surface area contributed by atoms with E-state index in [0.29, 0.717) is 17.9 Å². The Kier molecular flexibility index (Phi) is 4.14. The van der Waals surface area contributed by atoms with Gasteiger partial charge in [-0.3, -0.25) is 9.69 Å². The predicted molar refractivity (Wildman–Crippen MR) is 62.7 cm³/mol. The van der Waals surface area contributed by atoms with Gasteiger partial charge in [0.15, 0.2) is 0 Å². The summed E-state index contributed by atoms with van der Waals surface area (Å²) in [7, 11) is 1.90. The van der Waals surface area contributed by atoms with Crippen LogP contribution in [0, 0.1) is 11.8 Å². The maximum atomic E-state index is 12.1. The van der Waals surface area contributed by atoms with E-state index >= 15 is 0 Å². The van der Waals surface area contributed by atoms with Gasteiger partial charge in [-0.2, -0.15) is 0 Å². The molecule has 0 aromatic rings. The first kappa shape index (κ1) is 12.5. The molecule has 0 bridgehead atoms. The van der Waals surface area contributed by atoms with E-state index in [-0.39, 0.29) is 5.92 Å². The SMILES string of the molecule is CCN(C)C(=O)C1CN(C(C)C)CC1C. The van der Waals surface area contributed by atoms with Crippen LogP contribution >= 0.6 is 0 Å². The number of amides is 1. The van der Waals surface area contributed by atoms with Gasteiger partial charge in [0.25, 0.3) is 0 Å². The van der Waals surface area contributed by atoms with E-state index in [2.05, 4.69) is 25.7 Å². The fourth-order valence-corrected chi connectivity index (χ4v) is 2.19. The maximum Gasteiger partial charge on any atom is 0.227 e. The Balaban J connectivity index is 2.61. The molecule has 0 saturated carbocycles.